The van der Waals surface area contributed by atoms with Crippen LogP contribution in [0.4, 0.5) is 5.69 Å². The van der Waals surface area contributed by atoms with Crippen molar-refractivity contribution in [3.63, 3.8) is 0 Å². The zero-order valence-corrected chi connectivity index (χ0v) is 22.9. The van der Waals surface area contributed by atoms with Crippen molar-refractivity contribution < 1.29 is 14.4 Å². The van der Waals surface area contributed by atoms with Crippen molar-refractivity contribution in [2.45, 2.75) is 32.5 Å². The van der Waals surface area contributed by atoms with Crippen LogP contribution in [0.2, 0.25) is 0 Å². The van der Waals surface area contributed by atoms with Gasteiger partial charge in [-0.05, 0) is 73.6 Å². The molecule has 0 aliphatic carbocycles. The van der Waals surface area contributed by atoms with Gasteiger partial charge in [-0.2, -0.15) is 0 Å². The minimum atomic E-state index is -0.424. The average Bonchev–Trinajstić information content (AvgIpc) is 3.43. The number of nitro groups is 1. The minimum Gasteiger partial charge on any atom is -0.497 e. The molecule has 2 aromatic heterocycles. The lowest BCUT2D eigenvalue weighted by molar-refractivity contribution is -0.384. The molecule has 1 aliphatic rings. The second-order valence-electron chi connectivity index (χ2n) is 9.38. The standard InChI is InChI=1S/C29H29N5O4S/c1-18-15-23(19(2)33(18)25-13-10-21(34(35)36)16-26(25)38-4)28-27(24-7-5-6-14-30-24)31-29(39)32(28)17-20-8-11-22(37-3)12-9-20/h5-16,27-28H,17H2,1-4H3,(H,31,39)/t27-,28+/m1/s1. The highest BCUT2D eigenvalue weighted by Crippen LogP contribution is 2.43. The minimum absolute atomic E-state index is 0.0236. The van der Waals surface area contributed by atoms with E-state index in [0.717, 1.165) is 39.6 Å². The Morgan fingerprint density at radius 3 is 2.46 bits per heavy atom. The molecule has 0 spiro atoms. The third-order valence-corrected chi connectivity index (χ3v) is 7.47. The summed E-state index contributed by atoms with van der Waals surface area (Å²) in [4.78, 5) is 17.8. The van der Waals surface area contributed by atoms with Crippen LogP contribution in [-0.4, -0.2) is 38.7 Å². The number of methoxy groups -OCH3 is 2. The molecule has 5 rings (SSSR count). The fourth-order valence-corrected chi connectivity index (χ4v) is 5.57. The summed E-state index contributed by atoms with van der Waals surface area (Å²) in [6.07, 6.45) is 1.79. The molecule has 4 aromatic rings. The molecule has 3 heterocycles. The smallest absolute Gasteiger partial charge is 0.273 e. The van der Waals surface area contributed by atoms with Gasteiger partial charge in [0.15, 0.2) is 5.11 Å². The van der Waals surface area contributed by atoms with E-state index in [1.807, 2.05) is 56.3 Å². The number of hydrogen-bond acceptors (Lipinski definition) is 6. The molecule has 1 aliphatic heterocycles. The number of non-ortho nitro benzene ring substituents is 1. The molecule has 0 radical (unpaired) electrons. The first-order valence-electron chi connectivity index (χ1n) is 12.4. The van der Waals surface area contributed by atoms with Crippen LogP contribution < -0.4 is 14.8 Å². The van der Waals surface area contributed by atoms with Gasteiger partial charge in [0.1, 0.15) is 11.5 Å². The predicted molar refractivity (Wildman–Crippen MR) is 152 cm³/mol. The van der Waals surface area contributed by atoms with Crippen LogP contribution in [0.15, 0.2) is 72.9 Å². The Kier molecular flexibility index (Phi) is 7.21. The van der Waals surface area contributed by atoms with Gasteiger partial charge in [-0.3, -0.25) is 15.1 Å². The fraction of sp³-hybridized carbons (Fsp3) is 0.241. The van der Waals surface area contributed by atoms with Crippen molar-refractivity contribution in [2.24, 2.45) is 0 Å². The summed E-state index contributed by atoms with van der Waals surface area (Å²) in [5, 5.41) is 15.5. The van der Waals surface area contributed by atoms with Crippen LogP contribution >= 0.6 is 12.2 Å². The molecule has 0 saturated carbocycles. The molecule has 39 heavy (non-hydrogen) atoms. The monoisotopic (exact) mass is 543 g/mol. The van der Waals surface area contributed by atoms with Gasteiger partial charge in [-0.1, -0.05) is 18.2 Å². The molecule has 2 atom stereocenters. The molecule has 2 aromatic carbocycles. The second kappa shape index (κ2) is 10.7. The first kappa shape index (κ1) is 26.2. The first-order valence-corrected chi connectivity index (χ1v) is 12.9. The lowest BCUT2D eigenvalue weighted by atomic mass is 9.96. The van der Waals surface area contributed by atoms with E-state index in [2.05, 4.69) is 25.8 Å². The van der Waals surface area contributed by atoms with Crippen LogP contribution in [0.3, 0.4) is 0 Å². The summed E-state index contributed by atoms with van der Waals surface area (Å²) in [6, 6.07) is 20.3. The molecule has 0 unspecified atom stereocenters. The van der Waals surface area contributed by atoms with Gasteiger partial charge < -0.3 is 24.3 Å². The summed E-state index contributed by atoms with van der Waals surface area (Å²) < 4.78 is 13.0. The highest BCUT2D eigenvalue weighted by atomic mass is 32.1. The maximum atomic E-state index is 11.4. The maximum Gasteiger partial charge on any atom is 0.273 e. The van der Waals surface area contributed by atoms with Crippen molar-refractivity contribution in [1.82, 2.24) is 19.8 Å². The average molecular weight is 544 g/mol. The number of nitro benzene ring substituents is 1. The summed E-state index contributed by atoms with van der Waals surface area (Å²) in [5.41, 5.74) is 5.72. The third-order valence-electron chi connectivity index (χ3n) is 7.11. The Bertz CT molecular complexity index is 1520. The summed E-state index contributed by atoms with van der Waals surface area (Å²) in [6.45, 7) is 4.65. The Balaban J connectivity index is 1.61. The van der Waals surface area contributed by atoms with E-state index in [1.165, 1.54) is 19.2 Å². The van der Waals surface area contributed by atoms with Crippen LogP contribution in [0, 0.1) is 24.0 Å². The number of rotatable bonds is 8. The number of thiocarbonyl (C=S) groups is 1. The molecule has 0 bridgehead atoms. The first-order chi connectivity index (χ1) is 18.8. The Hall–Kier alpha value is -4.44. The molecule has 200 valence electrons. The number of ether oxygens (including phenoxy) is 2. The normalized spacial score (nSPS) is 16.7. The largest absolute Gasteiger partial charge is 0.497 e. The maximum absolute atomic E-state index is 11.4. The molecule has 10 heteroatoms. The van der Waals surface area contributed by atoms with Crippen molar-refractivity contribution in [1.29, 1.82) is 0 Å². The number of nitrogens with zero attached hydrogens (tertiary/aromatic N) is 4. The highest BCUT2D eigenvalue weighted by molar-refractivity contribution is 7.80. The fourth-order valence-electron chi connectivity index (χ4n) is 5.26. The highest BCUT2D eigenvalue weighted by Gasteiger charge is 2.41. The van der Waals surface area contributed by atoms with Gasteiger partial charge in [0.05, 0.1) is 48.7 Å². The number of pyridine rings is 1. The van der Waals surface area contributed by atoms with Crippen molar-refractivity contribution in [3.05, 3.63) is 111 Å². The number of nitrogens with one attached hydrogen (secondary N) is 1. The zero-order chi connectivity index (χ0) is 27.7. The lowest BCUT2D eigenvalue weighted by Crippen LogP contribution is -2.29. The van der Waals surface area contributed by atoms with Crippen molar-refractivity contribution in [3.8, 4) is 17.2 Å². The quantitative estimate of drug-likeness (QED) is 0.175. The summed E-state index contributed by atoms with van der Waals surface area (Å²) in [7, 11) is 3.17. The van der Waals surface area contributed by atoms with Crippen molar-refractivity contribution in [2.75, 3.05) is 14.2 Å². The molecular formula is C29H29N5O4S. The van der Waals surface area contributed by atoms with Gasteiger partial charge in [0.25, 0.3) is 5.69 Å². The van der Waals surface area contributed by atoms with E-state index in [-0.39, 0.29) is 17.8 Å². The van der Waals surface area contributed by atoms with Crippen LogP contribution in [0.25, 0.3) is 5.69 Å². The van der Waals surface area contributed by atoms with E-state index in [4.69, 9.17) is 21.7 Å². The topological polar surface area (TPSA) is 94.7 Å². The van der Waals surface area contributed by atoms with Crippen LogP contribution in [0.5, 0.6) is 11.5 Å². The number of aromatic nitrogens is 2. The number of hydrogen-bond donors (Lipinski definition) is 1. The molecular weight excluding hydrogens is 514 g/mol. The molecule has 1 saturated heterocycles. The number of benzene rings is 2. The van der Waals surface area contributed by atoms with E-state index in [0.29, 0.717) is 17.4 Å². The van der Waals surface area contributed by atoms with Crippen LogP contribution in [0.1, 0.15) is 40.3 Å². The van der Waals surface area contributed by atoms with E-state index >= 15 is 0 Å². The Labute approximate surface area is 232 Å². The molecule has 0 amide bonds. The third kappa shape index (κ3) is 4.90. The van der Waals surface area contributed by atoms with Gasteiger partial charge in [-0.25, -0.2) is 0 Å². The zero-order valence-electron chi connectivity index (χ0n) is 22.1. The lowest BCUT2D eigenvalue weighted by Gasteiger charge is -2.28. The molecule has 1 fully saturated rings. The van der Waals surface area contributed by atoms with Gasteiger partial charge in [-0.15, -0.1) is 0 Å². The van der Waals surface area contributed by atoms with E-state index < -0.39 is 4.92 Å². The van der Waals surface area contributed by atoms with Crippen molar-refractivity contribution >= 4 is 23.0 Å². The van der Waals surface area contributed by atoms with E-state index in [1.54, 1.807) is 19.4 Å². The predicted octanol–water partition coefficient (Wildman–Crippen LogP) is 5.59. The summed E-state index contributed by atoms with van der Waals surface area (Å²) >= 11 is 5.87. The summed E-state index contributed by atoms with van der Waals surface area (Å²) in [5.74, 6) is 1.22. The Morgan fingerprint density at radius 2 is 1.82 bits per heavy atom. The number of aryl methyl sites for hydroxylation is 1. The van der Waals surface area contributed by atoms with Crippen LogP contribution in [-0.2, 0) is 6.54 Å². The molecule has 1 N–H and O–H groups in total. The SMILES string of the molecule is COc1ccc(CN2C(=S)N[C@H](c3ccccn3)[C@@H]2c2cc(C)n(-c3ccc([N+](=O)[O-])cc3OC)c2C)cc1. The Morgan fingerprint density at radius 1 is 1.05 bits per heavy atom. The van der Waals surface area contributed by atoms with Gasteiger partial charge in [0, 0.05) is 30.2 Å². The van der Waals surface area contributed by atoms with Gasteiger partial charge in [0.2, 0.25) is 0 Å². The molecule has 9 nitrogen and oxygen atoms in total. The van der Waals surface area contributed by atoms with E-state index in [9.17, 15) is 10.1 Å². The second-order valence-corrected chi connectivity index (χ2v) is 9.76. The van der Waals surface area contributed by atoms with Gasteiger partial charge >= 0.3 is 0 Å².